The Morgan fingerprint density at radius 1 is 1.10 bits per heavy atom. The van der Waals surface area contributed by atoms with Crippen molar-refractivity contribution in [2.45, 2.75) is 6.92 Å². The molecule has 0 spiro atoms. The summed E-state index contributed by atoms with van der Waals surface area (Å²) in [5.41, 5.74) is 1.61. The van der Waals surface area contributed by atoms with E-state index in [4.69, 9.17) is 0 Å². The largest absolute Gasteiger partial charge is 0.367 e. The fourth-order valence-electron chi connectivity index (χ4n) is 3.22. The summed E-state index contributed by atoms with van der Waals surface area (Å²) >= 11 is 1.42. The van der Waals surface area contributed by atoms with E-state index >= 15 is 0 Å². The molecule has 1 aliphatic rings. The molecule has 0 aliphatic carbocycles. The molecule has 1 saturated heterocycles. The predicted molar refractivity (Wildman–Crippen MR) is 110 cm³/mol. The monoisotopic (exact) mass is 415 g/mol. The highest BCUT2D eigenvalue weighted by Crippen LogP contribution is 2.30. The van der Waals surface area contributed by atoms with Crippen molar-refractivity contribution in [1.29, 1.82) is 0 Å². The predicted octanol–water partition coefficient (Wildman–Crippen LogP) is 3.77. The van der Waals surface area contributed by atoms with Crippen LogP contribution in [0.25, 0.3) is 11.3 Å². The number of benzene rings is 1. The van der Waals surface area contributed by atoms with Crippen molar-refractivity contribution in [1.82, 2.24) is 9.97 Å². The molecular formula is C20H19F2N5OS. The third-order valence-electron chi connectivity index (χ3n) is 4.69. The van der Waals surface area contributed by atoms with E-state index in [2.05, 4.69) is 25.1 Å². The van der Waals surface area contributed by atoms with Crippen LogP contribution in [0, 0.1) is 11.6 Å². The molecule has 6 nitrogen and oxygen atoms in total. The van der Waals surface area contributed by atoms with Crippen molar-refractivity contribution < 1.29 is 13.6 Å². The number of amides is 1. The Bertz CT molecular complexity index is 1020. The van der Waals surface area contributed by atoms with Crippen molar-refractivity contribution in [2.24, 2.45) is 0 Å². The number of nitrogens with zero attached hydrogens (tertiary/aromatic N) is 4. The van der Waals surface area contributed by atoms with Crippen LogP contribution < -0.4 is 15.1 Å². The van der Waals surface area contributed by atoms with Crippen LogP contribution in [-0.2, 0) is 4.79 Å². The van der Waals surface area contributed by atoms with Crippen LogP contribution >= 0.6 is 11.3 Å². The van der Waals surface area contributed by atoms with Crippen molar-refractivity contribution >= 4 is 33.9 Å². The normalized spacial score (nSPS) is 14.2. The molecule has 0 atom stereocenters. The number of nitrogens with one attached hydrogen (secondary N) is 1. The molecule has 0 unspecified atom stereocenters. The van der Waals surface area contributed by atoms with Crippen LogP contribution in [0.1, 0.15) is 6.92 Å². The maximum atomic E-state index is 14.0. The first-order valence-electron chi connectivity index (χ1n) is 9.15. The number of hydrogen-bond acceptors (Lipinski definition) is 6. The van der Waals surface area contributed by atoms with E-state index in [1.807, 2.05) is 6.07 Å². The molecule has 3 heterocycles. The standard InChI is InChI=1S/C20H19F2N5OS/c1-13(28)24-18-6-5-14(11-23-18)26-7-9-27(10-8-26)20-25-17(12-29-20)15-3-2-4-16(21)19(15)22/h2-6,11-12H,7-10H2,1H3,(H,23,24,28). The van der Waals surface area contributed by atoms with Gasteiger partial charge >= 0.3 is 0 Å². The smallest absolute Gasteiger partial charge is 0.222 e. The van der Waals surface area contributed by atoms with Gasteiger partial charge in [0.25, 0.3) is 0 Å². The number of carbonyl (C=O) groups excluding carboxylic acids is 1. The van der Waals surface area contributed by atoms with Crippen LogP contribution in [0.3, 0.4) is 0 Å². The number of rotatable bonds is 4. The Morgan fingerprint density at radius 3 is 2.55 bits per heavy atom. The molecule has 3 aromatic rings. The minimum absolute atomic E-state index is 0.153. The van der Waals surface area contributed by atoms with Gasteiger partial charge in [0.15, 0.2) is 16.8 Å². The van der Waals surface area contributed by atoms with Crippen LogP contribution in [-0.4, -0.2) is 42.1 Å². The summed E-state index contributed by atoms with van der Waals surface area (Å²) in [6, 6.07) is 7.83. The molecule has 1 fully saturated rings. The quantitative estimate of drug-likeness (QED) is 0.703. The zero-order valence-corrected chi connectivity index (χ0v) is 16.5. The molecule has 0 bridgehead atoms. The molecule has 1 amide bonds. The molecule has 0 saturated carbocycles. The number of thiazole rings is 1. The van der Waals surface area contributed by atoms with Gasteiger partial charge < -0.3 is 15.1 Å². The van der Waals surface area contributed by atoms with E-state index < -0.39 is 11.6 Å². The van der Waals surface area contributed by atoms with Crippen LogP contribution in [0.5, 0.6) is 0 Å². The minimum Gasteiger partial charge on any atom is -0.367 e. The van der Waals surface area contributed by atoms with E-state index in [0.29, 0.717) is 11.5 Å². The van der Waals surface area contributed by atoms with E-state index in [1.165, 1.54) is 30.4 Å². The van der Waals surface area contributed by atoms with Gasteiger partial charge in [0.05, 0.1) is 17.6 Å². The average Bonchev–Trinajstić information content (AvgIpc) is 3.20. The van der Waals surface area contributed by atoms with Gasteiger partial charge in [0, 0.05) is 44.0 Å². The summed E-state index contributed by atoms with van der Waals surface area (Å²) in [6.07, 6.45) is 1.75. The zero-order valence-electron chi connectivity index (χ0n) is 15.7. The molecule has 2 aromatic heterocycles. The Morgan fingerprint density at radius 2 is 1.86 bits per heavy atom. The number of hydrogen-bond donors (Lipinski definition) is 1. The second-order valence-electron chi connectivity index (χ2n) is 6.67. The topological polar surface area (TPSA) is 61.4 Å². The number of halogens is 2. The summed E-state index contributed by atoms with van der Waals surface area (Å²) in [7, 11) is 0. The molecule has 29 heavy (non-hydrogen) atoms. The molecular weight excluding hydrogens is 396 g/mol. The van der Waals surface area contributed by atoms with Gasteiger partial charge in [0.1, 0.15) is 5.82 Å². The number of pyridine rings is 1. The third-order valence-corrected chi connectivity index (χ3v) is 5.59. The summed E-state index contributed by atoms with van der Waals surface area (Å²) in [5, 5.41) is 5.20. The van der Waals surface area contributed by atoms with Gasteiger partial charge in [-0.25, -0.2) is 18.7 Å². The third kappa shape index (κ3) is 4.19. The van der Waals surface area contributed by atoms with E-state index in [-0.39, 0.29) is 11.5 Å². The maximum absolute atomic E-state index is 14.0. The van der Waals surface area contributed by atoms with Crippen molar-refractivity contribution in [3.05, 3.63) is 53.5 Å². The molecule has 1 aliphatic heterocycles. The van der Waals surface area contributed by atoms with E-state index in [9.17, 15) is 13.6 Å². The van der Waals surface area contributed by atoms with Crippen molar-refractivity contribution in [3.8, 4) is 11.3 Å². The maximum Gasteiger partial charge on any atom is 0.222 e. The fourth-order valence-corrected chi connectivity index (χ4v) is 4.10. The van der Waals surface area contributed by atoms with E-state index in [1.54, 1.807) is 17.6 Å². The number of carbonyl (C=O) groups is 1. The highest BCUT2D eigenvalue weighted by molar-refractivity contribution is 7.14. The van der Waals surface area contributed by atoms with Crippen LogP contribution in [0.2, 0.25) is 0 Å². The molecule has 1 N–H and O–H groups in total. The minimum atomic E-state index is -0.871. The van der Waals surface area contributed by atoms with Crippen molar-refractivity contribution in [3.63, 3.8) is 0 Å². The first kappa shape index (κ1) is 19.3. The van der Waals surface area contributed by atoms with Crippen LogP contribution in [0.15, 0.2) is 41.9 Å². The Balaban J connectivity index is 1.41. The van der Waals surface area contributed by atoms with Gasteiger partial charge in [0.2, 0.25) is 5.91 Å². The Hall–Kier alpha value is -3.07. The lowest BCUT2D eigenvalue weighted by Gasteiger charge is -2.35. The van der Waals surface area contributed by atoms with Gasteiger partial charge in [-0.2, -0.15) is 0 Å². The highest BCUT2D eigenvalue weighted by Gasteiger charge is 2.21. The van der Waals surface area contributed by atoms with Gasteiger partial charge in [-0.15, -0.1) is 11.3 Å². The van der Waals surface area contributed by atoms with Gasteiger partial charge in [-0.3, -0.25) is 4.79 Å². The van der Waals surface area contributed by atoms with Gasteiger partial charge in [-0.1, -0.05) is 6.07 Å². The Kier molecular flexibility index (Phi) is 5.39. The fraction of sp³-hybridized carbons (Fsp3) is 0.250. The Labute approximate surface area is 170 Å². The molecule has 1 aromatic carbocycles. The number of aromatic nitrogens is 2. The average molecular weight is 415 g/mol. The second-order valence-corrected chi connectivity index (χ2v) is 7.51. The lowest BCUT2D eigenvalue weighted by molar-refractivity contribution is -0.114. The molecule has 0 radical (unpaired) electrons. The van der Waals surface area contributed by atoms with E-state index in [0.717, 1.165) is 43.1 Å². The summed E-state index contributed by atoms with van der Waals surface area (Å²) in [4.78, 5) is 24.2. The first-order valence-corrected chi connectivity index (χ1v) is 10.0. The number of anilines is 3. The second kappa shape index (κ2) is 8.12. The molecule has 9 heteroatoms. The SMILES string of the molecule is CC(=O)Nc1ccc(N2CCN(c3nc(-c4cccc(F)c4F)cs3)CC2)cn1. The number of piperazine rings is 1. The highest BCUT2D eigenvalue weighted by atomic mass is 32.1. The first-order chi connectivity index (χ1) is 14.0. The summed E-state index contributed by atoms with van der Waals surface area (Å²) in [5.74, 6) is -1.37. The summed E-state index contributed by atoms with van der Waals surface area (Å²) < 4.78 is 27.5. The van der Waals surface area contributed by atoms with Crippen LogP contribution in [0.4, 0.5) is 25.4 Å². The lowest BCUT2D eigenvalue weighted by Crippen LogP contribution is -2.46. The zero-order chi connectivity index (χ0) is 20.4. The summed E-state index contributed by atoms with van der Waals surface area (Å²) in [6.45, 7) is 4.52. The lowest BCUT2D eigenvalue weighted by atomic mass is 10.1. The molecule has 4 rings (SSSR count). The van der Waals surface area contributed by atoms with Gasteiger partial charge in [-0.05, 0) is 24.3 Å². The molecule has 150 valence electrons. The van der Waals surface area contributed by atoms with Crippen molar-refractivity contribution in [2.75, 3.05) is 41.3 Å².